The Balaban J connectivity index is 2.00. The normalized spacial score (nSPS) is 27.1. The molecule has 1 heterocycles. The van der Waals surface area contributed by atoms with Crippen LogP contribution in [-0.2, 0) is 9.47 Å². The highest BCUT2D eigenvalue weighted by atomic mass is 16.5. The summed E-state index contributed by atoms with van der Waals surface area (Å²) in [4.78, 5) is 0. The highest BCUT2D eigenvalue weighted by Crippen LogP contribution is 2.37. The van der Waals surface area contributed by atoms with Crippen molar-refractivity contribution in [1.29, 1.82) is 0 Å². The number of methoxy groups -OCH3 is 1. The van der Waals surface area contributed by atoms with Crippen LogP contribution < -0.4 is 0 Å². The van der Waals surface area contributed by atoms with E-state index in [0.717, 1.165) is 5.56 Å². The van der Waals surface area contributed by atoms with Crippen LogP contribution in [0.5, 0.6) is 0 Å². The van der Waals surface area contributed by atoms with Crippen LogP contribution >= 0.6 is 0 Å². The van der Waals surface area contributed by atoms with Gasteiger partial charge in [-0.15, -0.1) is 0 Å². The van der Waals surface area contributed by atoms with E-state index in [1.807, 2.05) is 30.3 Å². The molecule has 3 nitrogen and oxygen atoms in total. The molecule has 1 aliphatic rings. The van der Waals surface area contributed by atoms with Crippen molar-refractivity contribution < 1.29 is 14.6 Å². The molecule has 0 amide bonds. The molecule has 1 fully saturated rings. The predicted octanol–water partition coefficient (Wildman–Crippen LogP) is 1.38. The lowest BCUT2D eigenvalue weighted by Gasteiger charge is -2.39. The van der Waals surface area contributed by atoms with E-state index >= 15 is 0 Å². The second-order valence-corrected chi connectivity index (χ2v) is 3.85. The summed E-state index contributed by atoms with van der Waals surface area (Å²) in [6.45, 7) is 0.988. The van der Waals surface area contributed by atoms with E-state index in [1.165, 1.54) is 0 Å². The Kier molecular flexibility index (Phi) is 3.36. The first kappa shape index (κ1) is 10.6. The number of hydrogen-bond donors (Lipinski definition) is 1. The summed E-state index contributed by atoms with van der Waals surface area (Å²) in [5.41, 5.74) is 1.13. The van der Waals surface area contributed by atoms with Crippen LogP contribution in [0.3, 0.4) is 0 Å². The van der Waals surface area contributed by atoms with Gasteiger partial charge in [-0.3, -0.25) is 0 Å². The van der Waals surface area contributed by atoms with E-state index < -0.39 is 6.10 Å². The van der Waals surface area contributed by atoms with E-state index in [4.69, 9.17) is 9.47 Å². The van der Waals surface area contributed by atoms with Crippen LogP contribution in [-0.4, -0.2) is 31.5 Å². The molecule has 0 bridgehead atoms. The van der Waals surface area contributed by atoms with Crippen molar-refractivity contribution in [3.63, 3.8) is 0 Å². The lowest BCUT2D eigenvalue weighted by molar-refractivity contribution is -0.170. The summed E-state index contributed by atoms with van der Waals surface area (Å²) in [6.07, 6.45) is -0.412. The zero-order valence-electron chi connectivity index (χ0n) is 8.80. The Bertz CT molecular complexity index is 299. The topological polar surface area (TPSA) is 38.7 Å². The Morgan fingerprint density at radius 2 is 2.20 bits per heavy atom. The number of aliphatic hydroxyl groups is 1. The molecular weight excluding hydrogens is 192 g/mol. The minimum Gasteiger partial charge on any atom is -0.390 e. The van der Waals surface area contributed by atoms with Crippen LogP contribution in [0.15, 0.2) is 30.3 Å². The maximum atomic E-state index is 9.80. The van der Waals surface area contributed by atoms with Gasteiger partial charge in [0.1, 0.15) is 0 Å². The van der Waals surface area contributed by atoms with Crippen LogP contribution in [0.25, 0.3) is 0 Å². The van der Waals surface area contributed by atoms with E-state index in [0.29, 0.717) is 13.2 Å². The standard InChI is InChI=1S/C12H16O3/c1-14-8-11(13)10-7-15-12(10)9-5-3-2-4-6-9/h2-6,10-13H,7-8H2,1H3/t10-,11-,12-/m1/s1. The first-order valence-electron chi connectivity index (χ1n) is 5.16. The van der Waals surface area contributed by atoms with Gasteiger partial charge in [-0.25, -0.2) is 0 Å². The lowest BCUT2D eigenvalue weighted by atomic mass is 9.87. The molecule has 3 atom stereocenters. The summed E-state index contributed by atoms with van der Waals surface area (Å²) < 4.78 is 10.4. The van der Waals surface area contributed by atoms with Crippen LogP contribution in [0.4, 0.5) is 0 Å². The zero-order chi connectivity index (χ0) is 10.7. The van der Waals surface area contributed by atoms with Gasteiger partial charge in [0.2, 0.25) is 0 Å². The average Bonchev–Trinajstić information content (AvgIpc) is 2.18. The minimum absolute atomic E-state index is 0.0244. The molecule has 1 aromatic rings. The predicted molar refractivity (Wildman–Crippen MR) is 56.5 cm³/mol. The van der Waals surface area contributed by atoms with E-state index in [2.05, 4.69) is 0 Å². The molecular formula is C12H16O3. The van der Waals surface area contributed by atoms with Crippen LogP contribution in [0.2, 0.25) is 0 Å². The van der Waals surface area contributed by atoms with Gasteiger partial charge >= 0.3 is 0 Å². The third-order valence-corrected chi connectivity index (χ3v) is 2.82. The quantitative estimate of drug-likeness (QED) is 0.812. The smallest absolute Gasteiger partial charge is 0.0901 e. The molecule has 0 aromatic heterocycles. The molecule has 0 spiro atoms. The molecule has 82 valence electrons. The van der Waals surface area contributed by atoms with E-state index in [-0.39, 0.29) is 12.0 Å². The van der Waals surface area contributed by atoms with Crippen molar-refractivity contribution in [3.8, 4) is 0 Å². The Morgan fingerprint density at radius 1 is 1.47 bits per heavy atom. The summed E-state index contributed by atoms with van der Waals surface area (Å²) in [7, 11) is 1.60. The summed E-state index contributed by atoms with van der Waals surface area (Å²) in [6, 6.07) is 9.99. The number of benzene rings is 1. The summed E-state index contributed by atoms with van der Waals surface area (Å²) >= 11 is 0. The second kappa shape index (κ2) is 4.75. The molecule has 1 aliphatic heterocycles. The van der Waals surface area contributed by atoms with E-state index in [1.54, 1.807) is 7.11 Å². The number of rotatable bonds is 4. The van der Waals surface area contributed by atoms with Crippen LogP contribution in [0.1, 0.15) is 11.7 Å². The largest absolute Gasteiger partial charge is 0.390 e. The van der Waals surface area contributed by atoms with Gasteiger partial charge in [0.15, 0.2) is 0 Å². The van der Waals surface area contributed by atoms with Gasteiger partial charge < -0.3 is 14.6 Å². The molecule has 0 aliphatic carbocycles. The van der Waals surface area contributed by atoms with Crippen molar-refractivity contribution in [2.45, 2.75) is 12.2 Å². The van der Waals surface area contributed by atoms with Gasteiger partial charge in [0, 0.05) is 13.0 Å². The monoisotopic (exact) mass is 208 g/mol. The van der Waals surface area contributed by atoms with Gasteiger partial charge in [-0.2, -0.15) is 0 Å². The van der Waals surface area contributed by atoms with Gasteiger partial charge in [0.25, 0.3) is 0 Å². The second-order valence-electron chi connectivity index (χ2n) is 3.85. The molecule has 0 unspecified atom stereocenters. The highest BCUT2D eigenvalue weighted by Gasteiger charge is 2.38. The van der Waals surface area contributed by atoms with Gasteiger partial charge in [-0.05, 0) is 5.56 Å². The third-order valence-electron chi connectivity index (χ3n) is 2.82. The SMILES string of the molecule is COC[C@@H](O)[C@H]1CO[C@@H]1c1ccccc1. The van der Waals surface area contributed by atoms with Crippen LogP contribution in [0, 0.1) is 5.92 Å². The van der Waals surface area contributed by atoms with Gasteiger partial charge in [0.05, 0.1) is 25.4 Å². The molecule has 1 aromatic carbocycles. The molecule has 2 rings (SSSR count). The van der Waals surface area contributed by atoms with Crippen molar-refractivity contribution >= 4 is 0 Å². The fraction of sp³-hybridized carbons (Fsp3) is 0.500. The van der Waals surface area contributed by atoms with Crippen molar-refractivity contribution in [1.82, 2.24) is 0 Å². The maximum Gasteiger partial charge on any atom is 0.0901 e. The van der Waals surface area contributed by atoms with Crippen molar-refractivity contribution in [3.05, 3.63) is 35.9 Å². The maximum absolute atomic E-state index is 9.80. The summed E-state index contributed by atoms with van der Waals surface area (Å²) in [5.74, 6) is 0.160. The highest BCUT2D eigenvalue weighted by molar-refractivity contribution is 5.20. The third kappa shape index (κ3) is 2.20. The van der Waals surface area contributed by atoms with Crippen molar-refractivity contribution in [2.75, 3.05) is 20.3 Å². The summed E-state index contributed by atoms with van der Waals surface area (Å²) in [5, 5.41) is 9.80. The zero-order valence-corrected chi connectivity index (χ0v) is 8.80. The number of ether oxygens (including phenoxy) is 2. The fourth-order valence-electron chi connectivity index (χ4n) is 1.90. The molecule has 3 heteroatoms. The number of hydrogen-bond acceptors (Lipinski definition) is 3. The first-order valence-corrected chi connectivity index (χ1v) is 5.16. The Hall–Kier alpha value is -0.900. The fourth-order valence-corrected chi connectivity index (χ4v) is 1.90. The molecule has 1 saturated heterocycles. The molecule has 1 N–H and O–H groups in total. The Morgan fingerprint density at radius 3 is 2.73 bits per heavy atom. The Labute approximate surface area is 89.6 Å². The van der Waals surface area contributed by atoms with E-state index in [9.17, 15) is 5.11 Å². The molecule has 15 heavy (non-hydrogen) atoms. The average molecular weight is 208 g/mol. The van der Waals surface area contributed by atoms with Crippen molar-refractivity contribution in [2.24, 2.45) is 5.92 Å². The molecule has 0 saturated carbocycles. The minimum atomic E-state index is -0.436. The number of aliphatic hydroxyl groups excluding tert-OH is 1. The lowest BCUT2D eigenvalue weighted by Crippen LogP contribution is -2.42. The first-order chi connectivity index (χ1) is 7.33. The molecule has 0 radical (unpaired) electrons. The van der Waals surface area contributed by atoms with Gasteiger partial charge in [-0.1, -0.05) is 30.3 Å².